The van der Waals surface area contributed by atoms with Crippen LogP contribution in [0.4, 0.5) is 4.79 Å². The number of aliphatic hydroxyl groups is 1. The summed E-state index contributed by atoms with van der Waals surface area (Å²) in [7, 11) is 0. The molecule has 1 amide bonds. The second kappa shape index (κ2) is 7.96. The van der Waals surface area contributed by atoms with E-state index in [2.05, 4.69) is 50.2 Å². The smallest absolute Gasteiger partial charge is 0.409 e. The summed E-state index contributed by atoms with van der Waals surface area (Å²) in [6.45, 7) is 5.79. The number of carbonyl (C=O) groups is 1. The summed E-state index contributed by atoms with van der Waals surface area (Å²) in [5.41, 5.74) is 4.92. The van der Waals surface area contributed by atoms with E-state index in [0.29, 0.717) is 32.0 Å². The molecule has 2 aromatic carbocycles. The molecule has 0 radical (unpaired) electrons. The maximum Gasteiger partial charge on any atom is 0.409 e. The lowest BCUT2D eigenvalue weighted by Crippen LogP contribution is -2.46. The highest BCUT2D eigenvalue weighted by atomic mass is 16.6. The van der Waals surface area contributed by atoms with Gasteiger partial charge in [-0.25, -0.2) is 4.79 Å². The molecule has 2 atom stereocenters. The monoisotopic (exact) mass is 379 g/mol. The Labute approximate surface area is 167 Å². The molecule has 1 fully saturated rings. The Balaban J connectivity index is 1.44. The molecule has 1 aliphatic carbocycles. The average Bonchev–Trinajstić information content (AvgIpc) is 3.01. The second-order valence-corrected chi connectivity index (χ2v) is 8.50. The third kappa shape index (κ3) is 3.66. The number of hydrogen-bond acceptors (Lipinski definition) is 3. The van der Waals surface area contributed by atoms with Crippen molar-refractivity contribution in [2.24, 2.45) is 11.8 Å². The number of hydrogen-bond donors (Lipinski definition) is 1. The second-order valence-electron chi connectivity index (χ2n) is 8.50. The molecule has 1 aliphatic heterocycles. The molecular weight excluding hydrogens is 350 g/mol. The summed E-state index contributed by atoms with van der Waals surface area (Å²) in [6.07, 6.45) is 0.971. The summed E-state index contributed by atoms with van der Waals surface area (Å²) in [5.74, 6) is 0.717. The Bertz CT molecular complexity index is 802. The molecule has 2 aromatic rings. The van der Waals surface area contributed by atoms with E-state index < -0.39 is 0 Å². The minimum absolute atomic E-state index is 0.0817. The molecule has 0 spiro atoms. The lowest BCUT2D eigenvalue weighted by atomic mass is 9.87. The molecule has 1 heterocycles. The number of carbonyl (C=O) groups excluding carboxylic acids is 1. The fourth-order valence-corrected chi connectivity index (χ4v) is 4.71. The zero-order valence-electron chi connectivity index (χ0n) is 16.7. The Morgan fingerprint density at radius 2 is 1.71 bits per heavy atom. The van der Waals surface area contributed by atoms with Gasteiger partial charge in [-0.1, -0.05) is 62.4 Å². The molecule has 4 rings (SSSR count). The summed E-state index contributed by atoms with van der Waals surface area (Å²) in [5, 5.41) is 10.3. The fraction of sp³-hybridized carbons (Fsp3) is 0.458. The maximum atomic E-state index is 12.7. The quantitative estimate of drug-likeness (QED) is 0.840. The standard InChI is InChI=1S/C24H29NO3/c1-16(2)13-17-14-25(12-11-23(17)26)24(27)28-15-22-20-9-5-3-7-18(20)19-8-4-6-10-21(19)22/h3-10,16-17,22-23,26H,11-15H2,1-2H3. The number of likely N-dealkylation sites (tertiary alicyclic amines) is 1. The summed E-state index contributed by atoms with van der Waals surface area (Å²) < 4.78 is 5.77. The van der Waals surface area contributed by atoms with Crippen LogP contribution in [-0.2, 0) is 4.74 Å². The molecule has 148 valence electrons. The van der Waals surface area contributed by atoms with Crippen LogP contribution in [0.3, 0.4) is 0 Å². The van der Waals surface area contributed by atoms with E-state index in [4.69, 9.17) is 4.74 Å². The van der Waals surface area contributed by atoms with Gasteiger partial charge in [0.05, 0.1) is 6.10 Å². The van der Waals surface area contributed by atoms with E-state index in [1.807, 2.05) is 12.1 Å². The Morgan fingerprint density at radius 3 is 2.32 bits per heavy atom. The van der Waals surface area contributed by atoms with Crippen molar-refractivity contribution in [2.45, 2.75) is 38.7 Å². The van der Waals surface area contributed by atoms with Crippen LogP contribution in [-0.4, -0.2) is 41.9 Å². The Morgan fingerprint density at radius 1 is 1.11 bits per heavy atom. The Hall–Kier alpha value is -2.33. The van der Waals surface area contributed by atoms with Crippen LogP contribution in [0.5, 0.6) is 0 Å². The largest absolute Gasteiger partial charge is 0.448 e. The van der Waals surface area contributed by atoms with E-state index in [-0.39, 0.29) is 24.0 Å². The predicted octanol–water partition coefficient (Wildman–Crippen LogP) is 4.66. The minimum Gasteiger partial charge on any atom is -0.448 e. The van der Waals surface area contributed by atoms with Gasteiger partial charge in [-0.05, 0) is 41.0 Å². The number of ether oxygens (including phenoxy) is 1. The topological polar surface area (TPSA) is 49.8 Å². The van der Waals surface area contributed by atoms with Gasteiger partial charge < -0.3 is 14.7 Å². The van der Waals surface area contributed by atoms with E-state index in [1.165, 1.54) is 22.3 Å². The van der Waals surface area contributed by atoms with E-state index in [0.717, 1.165) is 6.42 Å². The van der Waals surface area contributed by atoms with E-state index in [1.54, 1.807) is 4.90 Å². The van der Waals surface area contributed by atoms with Crippen LogP contribution in [0, 0.1) is 11.8 Å². The fourth-order valence-electron chi connectivity index (χ4n) is 4.71. The number of piperidine rings is 1. The van der Waals surface area contributed by atoms with Gasteiger partial charge in [-0.2, -0.15) is 0 Å². The van der Waals surface area contributed by atoms with Crippen molar-refractivity contribution in [1.82, 2.24) is 4.90 Å². The van der Waals surface area contributed by atoms with Gasteiger partial charge >= 0.3 is 6.09 Å². The molecule has 28 heavy (non-hydrogen) atoms. The van der Waals surface area contributed by atoms with Crippen molar-refractivity contribution in [3.8, 4) is 11.1 Å². The summed E-state index contributed by atoms with van der Waals surface area (Å²) >= 11 is 0. The lowest BCUT2D eigenvalue weighted by Gasteiger charge is -2.36. The van der Waals surface area contributed by atoms with Crippen LogP contribution in [0.25, 0.3) is 11.1 Å². The first-order valence-corrected chi connectivity index (χ1v) is 10.3. The SMILES string of the molecule is CC(C)CC1CN(C(=O)OCC2c3ccccc3-c3ccccc32)CCC1O. The van der Waals surface area contributed by atoms with Crippen LogP contribution in [0.15, 0.2) is 48.5 Å². The van der Waals surface area contributed by atoms with Gasteiger partial charge in [-0.15, -0.1) is 0 Å². The van der Waals surface area contributed by atoms with Gasteiger partial charge in [-0.3, -0.25) is 0 Å². The van der Waals surface area contributed by atoms with Crippen molar-refractivity contribution in [3.63, 3.8) is 0 Å². The number of benzene rings is 2. The highest BCUT2D eigenvalue weighted by Crippen LogP contribution is 2.44. The Kier molecular flexibility index (Phi) is 5.40. The van der Waals surface area contributed by atoms with Crippen molar-refractivity contribution in [2.75, 3.05) is 19.7 Å². The number of fused-ring (bicyclic) bond motifs is 3. The van der Waals surface area contributed by atoms with Crippen LogP contribution in [0.1, 0.15) is 43.7 Å². The van der Waals surface area contributed by atoms with Crippen molar-refractivity contribution in [1.29, 1.82) is 0 Å². The lowest BCUT2D eigenvalue weighted by molar-refractivity contribution is 0.0126. The number of rotatable bonds is 4. The number of aliphatic hydroxyl groups excluding tert-OH is 1. The average molecular weight is 380 g/mol. The van der Waals surface area contributed by atoms with Crippen LogP contribution in [0.2, 0.25) is 0 Å². The van der Waals surface area contributed by atoms with E-state index >= 15 is 0 Å². The zero-order valence-corrected chi connectivity index (χ0v) is 16.7. The first-order valence-electron chi connectivity index (χ1n) is 10.3. The van der Waals surface area contributed by atoms with Gasteiger partial charge in [0.2, 0.25) is 0 Å². The van der Waals surface area contributed by atoms with Crippen molar-refractivity contribution >= 4 is 6.09 Å². The highest BCUT2D eigenvalue weighted by molar-refractivity contribution is 5.79. The molecule has 2 unspecified atom stereocenters. The minimum atomic E-state index is -0.319. The summed E-state index contributed by atoms with van der Waals surface area (Å²) in [4.78, 5) is 14.5. The summed E-state index contributed by atoms with van der Waals surface area (Å²) in [6, 6.07) is 16.7. The van der Waals surface area contributed by atoms with Gasteiger partial charge in [0.1, 0.15) is 6.61 Å². The molecule has 1 N–H and O–H groups in total. The van der Waals surface area contributed by atoms with Crippen LogP contribution < -0.4 is 0 Å². The molecule has 4 heteroatoms. The molecule has 0 saturated carbocycles. The maximum absolute atomic E-state index is 12.7. The predicted molar refractivity (Wildman–Crippen MR) is 110 cm³/mol. The molecule has 0 bridgehead atoms. The molecule has 2 aliphatic rings. The van der Waals surface area contributed by atoms with Crippen molar-refractivity contribution < 1.29 is 14.6 Å². The first-order chi connectivity index (χ1) is 13.5. The molecular formula is C24H29NO3. The molecule has 0 aromatic heterocycles. The molecule has 4 nitrogen and oxygen atoms in total. The van der Waals surface area contributed by atoms with Crippen LogP contribution >= 0.6 is 0 Å². The first kappa shape index (κ1) is 19.0. The zero-order chi connectivity index (χ0) is 19.7. The highest BCUT2D eigenvalue weighted by Gasteiger charge is 2.33. The van der Waals surface area contributed by atoms with E-state index in [9.17, 15) is 9.90 Å². The third-order valence-electron chi connectivity index (χ3n) is 6.06. The van der Waals surface area contributed by atoms with Gasteiger partial charge in [0, 0.05) is 24.9 Å². The third-order valence-corrected chi connectivity index (χ3v) is 6.06. The number of amides is 1. The van der Waals surface area contributed by atoms with Crippen molar-refractivity contribution in [3.05, 3.63) is 59.7 Å². The number of nitrogens with zero attached hydrogens (tertiary/aromatic N) is 1. The van der Waals surface area contributed by atoms with Gasteiger partial charge in [0.25, 0.3) is 0 Å². The normalized spacial score (nSPS) is 21.5. The van der Waals surface area contributed by atoms with Gasteiger partial charge in [0.15, 0.2) is 0 Å². The molecule has 1 saturated heterocycles.